The van der Waals surface area contributed by atoms with Gasteiger partial charge in [0.1, 0.15) is 5.82 Å². The Morgan fingerprint density at radius 3 is 2.48 bits per heavy atom. The van der Waals surface area contributed by atoms with Crippen molar-refractivity contribution in [3.8, 4) is 0 Å². The van der Waals surface area contributed by atoms with Crippen molar-refractivity contribution in [3.63, 3.8) is 0 Å². The molecule has 0 aliphatic heterocycles. The zero-order valence-corrected chi connectivity index (χ0v) is 14.3. The lowest BCUT2D eigenvalue weighted by atomic mass is 10.1. The van der Waals surface area contributed by atoms with Crippen LogP contribution >= 0.6 is 11.8 Å². The van der Waals surface area contributed by atoms with E-state index in [0.717, 1.165) is 11.8 Å². The molecule has 0 aromatic heterocycles. The van der Waals surface area contributed by atoms with Gasteiger partial charge in [-0.15, -0.1) is 11.8 Å². The van der Waals surface area contributed by atoms with Gasteiger partial charge in [-0.3, -0.25) is 14.4 Å². The summed E-state index contributed by atoms with van der Waals surface area (Å²) in [6.45, 7) is 0.911. The molecule has 1 N–H and O–H groups in total. The van der Waals surface area contributed by atoms with Crippen molar-refractivity contribution in [2.24, 2.45) is 0 Å². The minimum atomic E-state index is -0.636. The van der Waals surface area contributed by atoms with Gasteiger partial charge in [0.15, 0.2) is 12.4 Å². The highest BCUT2D eigenvalue weighted by atomic mass is 32.2. The number of thioether (sulfide) groups is 1. The van der Waals surface area contributed by atoms with Crippen LogP contribution in [-0.4, -0.2) is 30.0 Å². The van der Waals surface area contributed by atoms with Crippen LogP contribution in [0.2, 0.25) is 0 Å². The first-order chi connectivity index (χ1) is 12.0. The number of benzene rings is 2. The first-order valence-corrected chi connectivity index (χ1v) is 8.38. The van der Waals surface area contributed by atoms with E-state index in [1.807, 2.05) is 0 Å². The number of nitrogens with one attached hydrogen (secondary N) is 1. The zero-order valence-electron chi connectivity index (χ0n) is 13.5. The summed E-state index contributed by atoms with van der Waals surface area (Å²) in [5, 5.41) is 2.53. The monoisotopic (exact) mass is 361 g/mol. The second kappa shape index (κ2) is 8.98. The van der Waals surface area contributed by atoms with Gasteiger partial charge < -0.3 is 10.1 Å². The summed E-state index contributed by atoms with van der Waals surface area (Å²) in [5.74, 6) is -1.91. The van der Waals surface area contributed by atoms with E-state index in [4.69, 9.17) is 4.74 Å². The molecule has 5 nitrogen and oxygen atoms in total. The van der Waals surface area contributed by atoms with E-state index in [2.05, 4.69) is 5.32 Å². The molecule has 0 spiro atoms. The van der Waals surface area contributed by atoms with Gasteiger partial charge in [0, 0.05) is 10.5 Å². The fourth-order valence-corrected chi connectivity index (χ4v) is 2.71. The molecule has 130 valence electrons. The fourth-order valence-electron chi connectivity index (χ4n) is 1.97. The molecule has 0 radical (unpaired) electrons. The Morgan fingerprint density at radius 2 is 1.76 bits per heavy atom. The number of ether oxygens (including phenoxy) is 1. The molecule has 2 aromatic rings. The molecule has 0 saturated heterocycles. The minimum absolute atomic E-state index is 0.113. The number of rotatable bonds is 7. The Morgan fingerprint density at radius 1 is 1.08 bits per heavy atom. The number of Topliss-reactive ketones (excluding diaryl/α,β-unsaturated/α-hetero) is 1. The summed E-state index contributed by atoms with van der Waals surface area (Å²) in [6.07, 6.45) is 0. The number of halogens is 1. The van der Waals surface area contributed by atoms with Gasteiger partial charge in [-0.2, -0.15) is 0 Å². The smallest absolute Gasteiger partial charge is 0.316 e. The Bertz CT molecular complexity index is 794. The van der Waals surface area contributed by atoms with Crippen LogP contribution in [0.5, 0.6) is 0 Å². The number of esters is 1. The average molecular weight is 361 g/mol. The summed E-state index contributed by atoms with van der Waals surface area (Å²) in [6, 6.07) is 12.6. The lowest BCUT2D eigenvalue weighted by Gasteiger charge is -2.09. The van der Waals surface area contributed by atoms with Crippen molar-refractivity contribution in [1.29, 1.82) is 0 Å². The molecule has 25 heavy (non-hydrogen) atoms. The van der Waals surface area contributed by atoms with Crippen molar-refractivity contribution in [1.82, 2.24) is 0 Å². The number of para-hydroxylation sites is 1. The Labute approximate surface area is 148 Å². The number of carbonyl (C=O) groups excluding carboxylic acids is 3. The molecule has 0 heterocycles. The molecular weight excluding hydrogens is 345 g/mol. The van der Waals surface area contributed by atoms with Crippen molar-refractivity contribution in [3.05, 3.63) is 59.9 Å². The van der Waals surface area contributed by atoms with Crippen LogP contribution in [0, 0.1) is 5.82 Å². The fraction of sp³-hybridized carbons (Fsp3) is 0.167. The van der Waals surface area contributed by atoms with E-state index < -0.39 is 24.3 Å². The predicted octanol–water partition coefficient (Wildman–Crippen LogP) is 3.30. The van der Waals surface area contributed by atoms with Crippen molar-refractivity contribution < 1.29 is 23.5 Å². The van der Waals surface area contributed by atoms with Gasteiger partial charge in [0.2, 0.25) is 0 Å². The third-order valence-corrected chi connectivity index (χ3v) is 4.15. The molecule has 2 rings (SSSR count). The molecule has 0 aliphatic rings. The first kappa shape index (κ1) is 18.7. The largest absolute Gasteiger partial charge is 0.455 e. The van der Waals surface area contributed by atoms with Crippen LogP contribution in [-0.2, 0) is 14.3 Å². The van der Waals surface area contributed by atoms with Gasteiger partial charge in [-0.05, 0) is 31.2 Å². The van der Waals surface area contributed by atoms with Crippen molar-refractivity contribution in [2.45, 2.75) is 11.8 Å². The molecule has 7 heteroatoms. The molecule has 1 amide bonds. The highest BCUT2D eigenvalue weighted by Crippen LogP contribution is 2.21. The maximum atomic E-state index is 13.4. The molecule has 2 aromatic carbocycles. The van der Waals surface area contributed by atoms with Gasteiger partial charge in [-0.25, -0.2) is 4.39 Å². The highest BCUT2D eigenvalue weighted by Gasteiger charge is 2.12. The molecule has 0 bridgehead atoms. The van der Waals surface area contributed by atoms with Crippen LogP contribution in [0.4, 0.5) is 10.1 Å². The lowest BCUT2D eigenvalue weighted by Crippen LogP contribution is -2.22. The summed E-state index contributed by atoms with van der Waals surface area (Å²) in [5.41, 5.74) is 0.731. The number of hydrogen-bond acceptors (Lipinski definition) is 5. The standard InChI is InChI=1S/C18H16FNO4S/c1-12(21)13-6-2-4-8-15(13)20-17(22)10-24-18(23)11-25-16-9-5-3-7-14(16)19/h2-9H,10-11H2,1H3,(H,20,22). The number of ketones is 1. The van der Waals surface area contributed by atoms with Crippen molar-refractivity contribution in [2.75, 3.05) is 17.7 Å². The maximum absolute atomic E-state index is 13.4. The minimum Gasteiger partial charge on any atom is -0.455 e. The molecule has 0 atom stereocenters. The van der Waals surface area contributed by atoms with Crippen LogP contribution in [0.25, 0.3) is 0 Å². The summed E-state index contributed by atoms with van der Waals surface area (Å²) >= 11 is 0.991. The number of hydrogen-bond donors (Lipinski definition) is 1. The summed E-state index contributed by atoms with van der Waals surface area (Å²) < 4.78 is 18.3. The van der Waals surface area contributed by atoms with Crippen LogP contribution in [0.1, 0.15) is 17.3 Å². The average Bonchev–Trinajstić information content (AvgIpc) is 2.59. The maximum Gasteiger partial charge on any atom is 0.316 e. The van der Waals surface area contributed by atoms with Crippen molar-refractivity contribution >= 4 is 35.1 Å². The topological polar surface area (TPSA) is 72.5 Å². The summed E-state index contributed by atoms with van der Waals surface area (Å²) in [7, 11) is 0. The molecule has 0 unspecified atom stereocenters. The highest BCUT2D eigenvalue weighted by molar-refractivity contribution is 8.00. The normalized spacial score (nSPS) is 10.2. The lowest BCUT2D eigenvalue weighted by molar-refractivity contribution is -0.144. The van der Waals surface area contributed by atoms with Gasteiger partial charge in [-0.1, -0.05) is 24.3 Å². The van der Waals surface area contributed by atoms with E-state index in [1.165, 1.54) is 13.0 Å². The second-order valence-electron chi connectivity index (χ2n) is 5.03. The van der Waals surface area contributed by atoms with Gasteiger partial charge in [0.25, 0.3) is 5.91 Å². The number of carbonyl (C=O) groups is 3. The quantitative estimate of drug-likeness (QED) is 0.465. The Kier molecular flexibility index (Phi) is 6.71. The van der Waals surface area contributed by atoms with Crippen LogP contribution in [0.15, 0.2) is 53.4 Å². The van der Waals surface area contributed by atoms with E-state index in [1.54, 1.807) is 42.5 Å². The zero-order chi connectivity index (χ0) is 18.2. The Hall–Kier alpha value is -2.67. The predicted molar refractivity (Wildman–Crippen MR) is 93.2 cm³/mol. The van der Waals surface area contributed by atoms with Gasteiger partial charge in [0.05, 0.1) is 11.4 Å². The number of anilines is 1. The third kappa shape index (κ3) is 5.72. The van der Waals surface area contributed by atoms with Crippen LogP contribution < -0.4 is 5.32 Å². The third-order valence-electron chi connectivity index (χ3n) is 3.13. The molecule has 0 saturated carbocycles. The molecule has 0 aliphatic carbocycles. The second-order valence-corrected chi connectivity index (χ2v) is 6.05. The molecular formula is C18H16FNO4S. The van der Waals surface area contributed by atoms with Gasteiger partial charge >= 0.3 is 5.97 Å². The van der Waals surface area contributed by atoms with E-state index in [-0.39, 0.29) is 11.5 Å². The Balaban J connectivity index is 1.81. The van der Waals surface area contributed by atoms with E-state index in [9.17, 15) is 18.8 Å². The first-order valence-electron chi connectivity index (χ1n) is 7.40. The van der Waals surface area contributed by atoms with E-state index in [0.29, 0.717) is 16.1 Å². The van der Waals surface area contributed by atoms with E-state index >= 15 is 0 Å². The SMILES string of the molecule is CC(=O)c1ccccc1NC(=O)COC(=O)CSc1ccccc1F. The molecule has 0 fully saturated rings. The van der Waals surface area contributed by atoms with Crippen LogP contribution in [0.3, 0.4) is 0 Å². The summed E-state index contributed by atoms with van der Waals surface area (Å²) in [4.78, 5) is 35.3. The number of amides is 1.